The van der Waals surface area contributed by atoms with Crippen molar-refractivity contribution in [2.75, 3.05) is 11.9 Å². The molecule has 7 nitrogen and oxygen atoms in total. The Bertz CT molecular complexity index is 1060. The summed E-state index contributed by atoms with van der Waals surface area (Å²) in [5.41, 5.74) is 3.52. The number of anilines is 1. The number of nitrogens with zero attached hydrogens (tertiary/aromatic N) is 1. The van der Waals surface area contributed by atoms with Crippen LogP contribution in [-0.4, -0.2) is 35.4 Å². The monoisotopic (exact) mass is 439 g/mol. The van der Waals surface area contributed by atoms with Gasteiger partial charge in [-0.3, -0.25) is 14.4 Å². The van der Waals surface area contributed by atoms with Crippen molar-refractivity contribution >= 4 is 45.0 Å². The molecule has 3 rings (SSSR count). The summed E-state index contributed by atoms with van der Waals surface area (Å²) >= 11 is 1.54. The average molecular weight is 440 g/mol. The van der Waals surface area contributed by atoms with E-state index < -0.39 is 18.0 Å². The second-order valence-corrected chi connectivity index (χ2v) is 8.36. The van der Waals surface area contributed by atoms with Crippen LogP contribution in [0.2, 0.25) is 0 Å². The molecule has 0 fully saturated rings. The predicted octanol–water partition coefficient (Wildman–Crippen LogP) is 3.53. The molecule has 162 valence electrons. The lowest BCUT2D eigenvalue weighted by Crippen LogP contribution is -2.40. The number of ether oxygens (including phenoxy) is 1. The second-order valence-electron chi connectivity index (χ2n) is 7.24. The Balaban J connectivity index is 1.42. The first-order valence-corrected chi connectivity index (χ1v) is 10.8. The highest BCUT2D eigenvalue weighted by atomic mass is 32.1. The molecule has 0 saturated carbocycles. The van der Waals surface area contributed by atoms with E-state index in [-0.39, 0.29) is 18.9 Å². The van der Waals surface area contributed by atoms with Gasteiger partial charge in [-0.1, -0.05) is 30.3 Å². The first kappa shape index (κ1) is 22.4. The van der Waals surface area contributed by atoms with Crippen molar-refractivity contribution in [1.82, 2.24) is 10.3 Å². The van der Waals surface area contributed by atoms with Crippen molar-refractivity contribution in [1.29, 1.82) is 0 Å². The maximum Gasteiger partial charge on any atom is 0.306 e. The molecule has 0 aliphatic rings. The molecule has 2 N–H and O–H groups in total. The minimum Gasteiger partial charge on any atom is -0.453 e. The van der Waals surface area contributed by atoms with E-state index in [2.05, 4.69) is 15.6 Å². The largest absolute Gasteiger partial charge is 0.453 e. The van der Waals surface area contributed by atoms with E-state index in [4.69, 9.17) is 4.74 Å². The number of hydrogen-bond donors (Lipinski definition) is 2. The molecular formula is C23H25N3O4S. The fraction of sp³-hybridized carbons (Fsp3) is 0.304. The van der Waals surface area contributed by atoms with E-state index in [0.717, 1.165) is 32.0 Å². The van der Waals surface area contributed by atoms with Gasteiger partial charge < -0.3 is 15.4 Å². The Morgan fingerprint density at radius 3 is 2.48 bits per heavy atom. The summed E-state index contributed by atoms with van der Waals surface area (Å²) in [6, 6.07) is 13.5. The van der Waals surface area contributed by atoms with Gasteiger partial charge in [-0.25, -0.2) is 4.98 Å². The van der Waals surface area contributed by atoms with Crippen LogP contribution in [0, 0.1) is 13.8 Å². The molecular weight excluding hydrogens is 414 g/mol. The van der Waals surface area contributed by atoms with Crippen LogP contribution in [0.25, 0.3) is 10.2 Å². The zero-order valence-corrected chi connectivity index (χ0v) is 18.5. The third-order valence-electron chi connectivity index (χ3n) is 4.73. The number of carbonyl (C=O) groups is 3. The SMILES string of the molecule is Cc1cccc(C)c1NC(=O)CNC(=O)[C@H](C)OC(=O)CCc1nc2ccccc2s1. The van der Waals surface area contributed by atoms with Gasteiger partial charge in [0.15, 0.2) is 6.10 Å². The summed E-state index contributed by atoms with van der Waals surface area (Å²) in [6.45, 7) is 5.07. The lowest BCUT2D eigenvalue weighted by atomic mass is 10.1. The molecule has 31 heavy (non-hydrogen) atoms. The topological polar surface area (TPSA) is 97.4 Å². The maximum absolute atomic E-state index is 12.2. The minimum absolute atomic E-state index is 0.129. The number of rotatable bonds is 8. The molecule has 2 aromatic carbocycles. The van der Waals surface area contributed by atoms with Crippen molar-refractivity contribution in [2.45, 2.75) is 39.7 Å². The summed E-state index contributed by atoms with van der Waals surface area (Å²) < 4.78 is 6.26. The van der Waals surface area contributed by atoms with Crippen LogP contribution in [0.3, 0.4) is 0 Å². The van der Waals surface area contributed by atoms with Crippen molar-refractivity contribution in [3.8, 4) is 0 Å². The van der Waals surface area contributed by atoms with Gasteiger partial charge in [-0.2, -0.15) is 0 Å². The number of carbonyl (C=O) groups excluding carboxylic acids is 3. The van der Waals surface area contributed by atoms with Crippen LogP contribution in [0.5, 0.6) is 0 Å². The molecule has 0 aliphatic heterocycles. The van der Waals surface area contributed by atoms with Gasteiger partial charge in [0.05, 0.1) is 28.2 Å². The molecule has 1 aromatic heterocycles. The summed E-state index contributed by atoms with van der Waals surface area (Å²) in [7, 11) is 0. The number of amides is 2. The molecule has 2 amide bonds. The third-order valence-corrected chi connectivity index (χ3v) is 5.82. The zero-order valence-electron chi connectivity index (χ0n) is 17.7. The van der Waals surface area contributed by atoms with Crippen molar-refractivity contribution in [3.05, 3.63) is 58.6 Å². The van der Waals surface area contributed by atoms with E-state index in [9.17, 15) is 14.4 Å². The molecule has 0 saturated heterocycles. The fourth-order valence-corrected chi connectivity index (χ4v) is 4.02. The number of aromatic nitrogens is 1. The molecule has 1 heterocycles. The Hall–Kier alpha value is -3.26. The predicted molar refractivity (Wildman–Crippen MR) is 121 cm³/mol. The van der Waals surface area contributed by atoms with Crippen LogP contribution in [-0.2, 0) is 25.5 Å². The van der Waals surface area contributed by atoms with E-state index in [1.165, 1.54) is 18.3 Å². The summed E-state index contributed by atoms with van der Waals surface area (Å²) in [5.74, 6) is -1.35. The quantitative estimate of drug-likeness (QED) is 0.523. The molecule has 3 aromatic rings. The minimum atomic E-state index is -0.990. The molecule has 0 spiro atoms. The van der Waals surface area contributed by atoms with E-state index >= 15 is 0 Å². The molecule has 8 heteroatoms. The van der Waals surface area contributed by atoms with Gasteiger partial charge in [0.25, 0.3) is 5.91 Å². The third kappa shape index (κ3) is 6.11. The maximum atomic E-state index is 12.2. The zero-order chi connectivity index (χ0) is 22.4. The van der Waals surface area contributed by atoms with Crippen molar-refractivity contribution in [2.24, 2.45) is 0 Å². The highest BCUT2D eigenvalue weighted by Gasteiger charge is 2.19. The lowest BCUT2D eigenvalue weighted by Gasteiger charge is -2.14. The highest BCUT2D eigenvalue weighted by molar-refractivity contribution is 7.18. The number of benzene rings is 2. The van der Waals surface area contributed by atoms with Gasteiger partial charge in [0.1, 0.15) is 0 Å². The summed E-state index contributed by atoms with van der Waals surface area (Å²) in [4.78, 5) is 40.9. The van der Waals surface area contributed by atoms with Gasteiger partial charge in [-0.05, 0) is 44.0 Å². The normalized spacial score (nSPS) is 11.7. The number of para-hydroxylation sites is 2. The van der Waals surface area contributed by atoms with Gasteiger partial charge in [-0.15, -0.1) is 11.3 Å². The number of nitrogens with one attached hydrogen (secondary N) is 2. The van der Waals surface area contributed by atoms with Crippen LogP contribution >= 0.6 is 11.3 Å². The van der Waals surface area contributed by atoms with Gasteiger partial charge >= 0.3 is 5.97 Å². The molecule has 0 aliphatic carbocycles. The Morgan fingerprint density at radius 1 is 1.06 bits per heavy atom. The number of hydrogen-bond acceptors (Lipinski definition) is 6. The number of fused-ring (bicyclic) bond motifs is 1. The van der Waals surface area contributed by atoms with Gasteiger partial charge in [0, 0.05) is 12.1 Å². The fourth-order valence-electron chi connectivity index (χ4n) is 3.05. The standard InChI is InChI=1S/C23H25N3O4S/c1-14-7-6-8-15(2)22(14)26-19(27)13-24-23(29)16(3)30-21(28)12-11-20-25-17-9-4-5-10-18(17)31-20/h4-10,16H,11-13H2,1-3H3,(H,24,29)(H,26,27)/t16-/m0/s1. The summed E-state index contributed by atoms with van der Waals surface area (Å²) in [6.07, 6.45) is -0.411. The van der Waals surface area contributed by atoms with Crippen LogP contribution in [0.1, 0.15) is 29.5 Å². The van der Waals surface area contributed by atoms with E-state index in [1.54, 1.807) is 0 Å². The van der Waals surface area contributed by atoms with E-state index in [0.29, 0.717) is 6.42 Å². The lowest BCUT2D eigenvalue weighted by molar-refractivity contribution is -0.154. The Labute approximate surface area is 184 Å². The number of thiazole rings is 1. The Kier molecular flexibility index (Phi) is 7.36. The molecule has 0 unspecified atom stereocenters. The average Bonchev–Trinajstić information content (AvgIpc) is 3.16. The number of aryl methyl sites for hydroxylation is 3. The van der Waals surface area contributed by atoms with E-state index in [1.807, 2.05) is 56.3 Å². The Morgan fingerprint density at radius 2 is 1.77 bits per heavy atom. The highest BCUT2D eigenvalue weighted by Crippen LogP contribution is 2.22. The summed E-state index contributed by atoms with van der Waals surface area (Å²) in [5, 5.41) is 6.14. The second kappa shape index (κ2) is 10.2. The van der Waals surface area contributed by atoms with Crippen LogP contribution in [0.4, 0.5) is 5.69 Å². The number of esters is 1. The molecule has 1 atom stereocenters. The van der Waals surface area contributed by atoms with Crippen molar-refractivity contribution < 1.29 is 19.1 Å². The van der Waals surface area contributed by atoms with Gasteiger partial charge in [0.2, 0.25) is 5.91 Å². The first-order valence-electron chi connectivity index (χ1n) is 10.0. The van der Waals surface area contributed by atoms with Crippen molar-refractivity contribution in [3.63, 3.8) is 0 Å². The first-order chi connectivity index (χ1) is 14.8. The smallest absolute Gasteiger partial charge is 0.306 e. The molecule has 0 radical (unpaired) electrons. The van der Waals surface area contributed by atoms with Crippen LogP contribution in [0.15, 0.2) is 42.5 Å². The molecule has 0 bridgehead atoms. The van der Waals surface area contributed by atoms with Crippen LogP contribution < -0.4 is 10.6 Å².